The van der Waals surface area contributed by atoms with Crippen LogP contribution in [0.2, 0.25) is 10.0 Å². The highest BCUT2D eigenvalue weighted by molar-refractivity contribution is 6.35. The van der Waals surface area contributed by atoms with Gasteiger partial charge in [0.2, 0.25) is 5.95 Å². The molecule has 0 spiro atoms. The van der Waals surface area contributed by atoms with Crippen molar-refractivity contribution >= 4 is 34.8 Å². The lowest BCUT2D eigenvalue weighted by atomic mass is 9.84. The number of benzene rings is 3. The maximum absolute atomic E-state index is 6.65. The van der Waals surface area contributed by atoms with Crippen molar-refractivity contribution in [1.29, 1.82) is 0 Å². The topological polar surface area (TPSA) is 52.0 Å². The molecule has 1 N–H and O–H groups in total. The Morgan fingerprint density at radius 1 is 0.935 bits per heavy atom. The Bertz CT molecular complexity index is 1330. The van der Waals surface area contributed by atoms with Gasteiger partial charge in [-0.2, -0.15) is 10.1 Å². The summed E-state index contributed by atoms with van der Waals surface area (Å²) in [5, 5.41) is 9.15. The molecular weight excluding hydrogens is 431 g/mol. The van der Waals surface area contributed by atoms with Gasteiger partial charge in [0.25, 0.3) is 0 Å². The average Bonchev–Trinajstić information content (AvgIpc) is 3.26. The summed E-state index contributed by atoms with van der Waals surface area (Å²) < 4.78 is 8.46. The van der Waals surface area contributed by atoms with Crippen LogP contribution >= 0.6 is 23.2 Å². The van der Waals surface area contributed by atoms with Crippen LogP contribution in [0.1, 0.15) is 28.8 Å². The Morgan fingerprint density at radius 3 is 2.58 bits per heavy atom. The van der Waals surface area contributed by atoms with Crippen molar-refractivity contribution in [3.8, 4) is 5.75 Å². The highest BCUT2D eigenvalue weighted by atomic mass is 35.5. The summed E-state index contributed by atoms with van der Waals surface area (Å²) in [5.41, 5.74) is 4.90. The predicted molar refractivity (Wildman–Crippen MR) is 121 cm³/mol. The molecular formula is C24H16Cl2N4O. The third kappa shape index (κ3) is 2.92. The van der Waals surface area contributed by atoms with E-state index in [1.807, 2.05) is 59.3 Å². The summed E-state index contributed by atoms with van der Waals surface area (Å²) in [6.45, 7) is 0. The van der Waals surface area contributed by atoms with Gasteiger partial charge in [-0.1, -0.05) is 71.7 Å². The molecule has 3 heterocycles. The van der Waals surface area contributed by atoms with Crippen LogP contribution in [0.4, 0.5) is 5.95 Å². The molecule has 3 aromatic carbocycles. The Balaban J connectivity index is 1.65. The Hall–Kier alpha value is -3.28. The van der Waals surface area contributed by atoms with Gasteiger partial charge in [0.1, 0.15) is 18.1 Å². The maximum Gasteiger partial charge on any atom is 0.226 e. The number of nitrogens with zero attached hydrogens (tertiary/aromatic N) is 3. The van der Waals surface area contributed by atoms with Gasteiger partial charge >= 0.3 is 0 Å². The molecule has 7 heteroatoms. The third-order valence-corrected chi connectivity index (χ3v) is 6.24. The molecule has 0 saturated carbocycles. The number of rotatable bonds is 2. The quantitative estimate of drug-likeness (QED) is 0.401. The van der Waals surface area contributed by atoms with Crippen molar-refractivity contribution in [2.24, 2.45) is 0 Å². The van der Waals surface area contributed by atoms with Gasteiger partial charge < -0.3 is 10.1 Å². The molecule has 0 radical (unpaired) electrons. The molecule has 152 valence electrons. The molecule has 0 unspecified atom stereocenters. The first-order valence-electron chi connectivity index (χ1n) is 9.87. The summed E-state index contributed by atoms with van der Waals surface area (Å²) in [6.07, 6.45) is 1.14. The molecule has 6 rings (SSSR count). The zero-order chi connectivity index (χ0) is 20.9. The van der Waals surface area contributed by atoms with Crippen LogP contribution in [0.25, 0.3) is 5.70 Å². The minimum atomic E-state index is -0.426. The van der Waals surface area contributed by atoms with Crippen molar-refractivity contribution in [3.05, 3.63) is 111 Å². The molecule has 0 saturated heterocycles. The Labute approximate surface area is 188 Å². The van der Waals surface area contributed by atoms with E-state index in [2.05, 4.69) is 27.5 Å². The molecule has 0 aliphatic carbocycles. The van der Waals surface area contributed by atoms with Crippen LogP contribution in [-0.4, -0.2) is 14.8 Å². The van der Waals surface area contributed by atoms with Gasteiger partial charge in [-0.15, -0.1) is 0 Å². The number of aromatic nitrogens is 3. The zero-order valence-corrected chi connectivity index (χ0v) is 17.7. The van der Waals surface area contributed by atoms with Crippen LogP contribution < -0.4 is 10.1 Å². The van der Waals surface area contributed by atoms with Crippen molar-refractivity contribution < 1.29 is 4.74 Å². The van der Waals surface area contributed by atoms with E-state index < -0.39 is 6.10 Å². The number of ether oxygens (including phenoxy) is 1. The van der Waals surface area contributed by atoms with E-state index in [-0.39, 0.29) is 6.04 Å². The first kappa shape index (κ1) is 18.5. The molecule has 4 aromatic rings. The van der Waals surface area contributed by atoms with E-state index in [0.717, 1.165) is 33.7 Å². The highest BCUT2D eigenvalue weighted by Crippen LogP contribution is 2.51. The summed E-state index contributed by atoms with van der Waals surface area (Å²) in [5.74, 6) is 1.47. The number of hydrogen-bond donors (Lipinski definition) is 1. The van der Waals surface area contributed by atoms with Gasteiger partial charge in [0, 0.05) is 26.7 Å². The average molecular weight is 447 g/mol. The van der Waals surface area contributed by atoms with E-state index in [4.69, 9.17) is 27.9 Å². The van der Waals surface area contributed by atoms with E-state index in [9.17, 15) is 0 Å². The van der Waals surface area contributed by atoms with Gasteiger partial charge in [0.05, 0.1) is 5.70 Å². The SMILES string of the molecule is Clc1ccc([C@H]2Oc3ccccc3C3=C2[C@H](c2ccccc2)n2ncnc2N3)c(Cl)c1. The molecule has 31 heavy (non-hydrogen) atoms. The number of anilines is 1. The van der Waals surface area contributed by atoms with Crippen LogP contribution in [-0.2, 0) is 0 Å². The second-order valence-corrected chi connectivity index (χ2v) is 8.30. The number of nitrogens with one attached hydrogen (secondary N) is 1. The maximum atomic E-state index is 6.65. The number of halogens is 2. The van der Waals surface area contributed by atoms with Gasteiger partial charge in [-0.05, 0) is 29.8 Å². The molecule has 2 aliphatic heterocycles. The van der Waals surface area contributed by atoms with Gasteiger partial charge in [0.15, 0.2) is 6.10 Å². The van der Waals surface area contributed by atoms with Crippen LogP contribution in [0.15, 0.2) is 84.7 Å². The Kier molecular flexibility index (Phi) is 4.26. The minimum absolute atomic E-state index is 0.208. The lowest BCUT2D eigenvalue weighted by molar-refractivity contribution is 0.223. The fraction of sp³-hybridized carbons (Fsp3) is 0.0833. The number of para-hydroxylation sites is 1. The summed E-state index contributed by atoms with van der Waals surface area (Å²) in [7, 11) is 0. The van der Waals surface area contributed by atoms with Gasteiger partial charge in [-0.25, -0.2) is 4.68 Å². The number of fused-ring (bicyclic) bond motifs is 3. The van der Waals surface area contributed by atoms with E-state index in [1.54, 1.807) is 12.4 Å². The smallest absolute Gasteiger partial charge is 0.226 e. The van der Waals surface area contributed by atoms with Crippen LogP contribution in [0.5, 0.6) is 5.75 Å². The lowest BCUT2D eigenvalue weighted by Crippen LogP contribution is -2.32. The van der Waals surface area contributed by atoms with Crippen molar-refractivity contribution in [1.82, 2.24) is 14.8 Å². The Morgan fingerprint density at radius 2 is 1.74 bits per heavy atom. The van der Waals surface area contributed by atoms with Crippen molar-refractivity contribution in [3.63, 3.8) is 0 Å². The molecule has 1 aromatic heterocycles. The van der Waals surface area contributed by atoms with Crippen molar-refractivity contribution in [2.45, 2.75) is 12.1 Å². The van der Waals surface area contributed by atoms with E-state index in [1.165, 1.54) is 0 Å². The first-order chi connectivity index (χ1) is 15.2. The van der Waals surface area contributed by atoms with E-state index in [0.29, 0.717) is 16.0 Å². The largest absolute Gasteiger partial charge is 0.480 e. The van der Waals surface area contributed by atoms with Crippen molar-refractivity contribution in [2.75, 3.05) is 5.32 Å². The molecule has 0 amide bonds. The molecule has 0 fully saturated rings. The normalized spacial score (nSPS) is 19.0. The molecule has 0 bridgehead atoms. The number of hydrogen-bond acceptors (Lipinski definition) is 4. The third-order valence-electron chi connectivity index (χ3n) is 5.68. The summed E-state index contributed by atoms with van der Waals surface area (Å²) in [4.78, 5) is 4.45. The molecule has 5 nitrogen and oxygen atoms in total. The fourth-order valence-corrected chi connectivity index (χ4v) is 4.85. The van der Waals surface area contributed by atoms with E-state index >= 15 is 0 Å². The van der Waals surface area contributed by atoms with Gasteiger partial charge in [-0.3, -0.25) is 0 Å². The standard InChI is InChI=1S/C24H16Cl2N4O/c25-15-10-11-16(18(26)12-15)23-20-21(17-8-4-5-9-19(17)31-23)29-24-27-13-28-30(24)22(20)14-6-2-1-3-7-14/h1-13,22-23H,(H,27,28,29)/t22-,23+/m0/s1. The minimum Gasteiger partial charge on any atom is -0.480 e. The second-order valence-electron chi connectivity index (χ2n) is 7.46. The zero-order valence-electron chi connectivity index (χ0n) is 16.2. The fourth-order valence-electron chi connectivity index (χ4n) is 4.35. The van der Waals surface area contributed by atoms with Crippen LogP contribution in [0.3, 0.4) is 0 Å². The predicted octanol–water partition coefficient (Wildman–Crippen LogP) is 6.14. The molecule has 2 atom stereocenters. The molecule has 2 aliphatic rings. The second kappa shape index (κ2) is 7.15. The summed E-state index contributed by atoms with van der Waals surface area (Å²) >= 11 is 12.8. The summed E-state index contributed by atoms with van der Waals surface area (Å²) in [6, 6.07) is 23.5. The first-order valence-corrected chi connectivity index (χ1v) is 10.6. The monoisotopic (exact) mass is 446 g/mol. The lowest BCUT2D eigenvalue weighted by Gasteiger charge is -2.39. The highest BCUT2D eigenvalue weighted by Gasteiger charge is 2.41. The van der Waals surface area contributed by atoms with Crippen LogP contribution in [0, 0.1) is 0 Å².